The van der Waals surface area contributed by atoms with Gasteiger partial charge in [-0.05, 0) is 49.4 Å². The number of aryl methyl sites for hydroxylation is 1. The highest BCUT2D eigenvalue weighted by atomic mass is 32.2. The molecule has 1 saturated heterocycles. The van der Waals surface area contributed by atoms with E-state index in [9.17, 15) is 17.6 Å². The summed E-state index contributed by atoms with van der Waals surface area (Å²) in [5, 5.41) is 3.96. The molecule has 0 saturated carbocycles. The maximum atomic E-state index is 13.4. The van der Waals surface area contributed by atoms with E-state index in [0.29, 0.717) is 48.0 Å². The molecule has 32 heavy (non-hydrogen) atoms. The largest absolute Gasteiger partial charge is 0.361 e. The molecule has 1 aliphatic rings. The van der Waals surface area contributed by atoms with Gasteiger partial charge in [-0.2, -0.15) is 4.31 Å². The number of aromatic nitrogens is 1. The molecule has 168 valence electrons. The highest BCUT2D eigenvalue weighted by Crippen LogP contribution is 2.26. The van der Waals surface area contributed by atoms with Gasteiger partial charge < -0.3 is 5.32 Å². The van der Waals surface area contributed by atoms with Gasteiger partial charge in [0.2, 0.25) is 15.8 Å². The molecular formula is C23H24FN3O3S2. The van der Waals surface area contributed by atoms with Gasteiger partial charge in [0.15, 0.2) is 5.13 Å². The Labute approximate surface area is 191 Å². The number of ketones is 1. The van der Waals surface area contributed by atoms with E-state index in [0.717, 1.165) is 11.6 Å². The van der Waals surface area contributed by atoms with Crippen molar-refractivity contribution in [3.63, 3.8) is 0 Å². The van der Waals surface area contributed by atoms with Crippen LogP contribution >= 0.6 is 11.3 Å². The summed E-state index contributed by atoms with van der Waals surface area (Å²) in [7, 11) is -3.69. The first kappa shape index (κ1) is 22.6. The van der Waals surface area contributed by atoms with Crippen LogP contribution in [0.2, 0.25) is 0 Å². The van der Waals surface area contributed by atoms with Gasteiger partial charge in [-0.1, -0.05) is 41.7 Å². The van der Waals surface area contributed by atoms with Crippen LogP contribution in [-0.4, -0.2) is 43.1 Å². The van der Waals surface area contributed by atoms with E-state index >= 15 is 0 Å². The minimum atomic E-state index is -3.69. The lowest BCUT2D eigenvalue weighted by Crippen LogP contribution is -2.39. The van der Waals surface area contributed by atoms with Crippen LogP contribution in [-0.2, 0) is 10.0 Å². The smallest absolute Gasteiger partial charge is 0.243 e. The van der Waals surface area contributed by atoms with Gasteiger partial charge in [0, 0.05) is 25.2 Å². The molecule has 2 heterocycles. The number of thiazole rings is 1. The maximum absolute atomic E-state index is 13.4. The van der Waals surface area contributed by atoms with E-state index in [1.165, 1.54) is 33.8 Å². The van der Waals surface area contributed by atoms with Crippen molar-refractivity contribution >= 4 is 32.3 Å². The Morgan fingerprint density at radius 2 is 1.94 bits per heavy atom. The van der Waals surface area contributed by atoms with Crippen LogP contribution in [0.1, 0.15) is 33.6 Å². The number of benzene rings is 2. The number of nitrogens with one attached hydrogen (secondary N) is 1. The molecule has 2 aromatic carbocycles. The van der Waals surface area contributed by atoms with Crippen molar-refractivity contribution in [3.8, 4) is 0 Å². The Bertz CT molecular complexity index is 1220. The molecule has 0 bridgehead atoms. The zero-order valence-electron chi connectivity index (χ0n) is 17.6. The number of rotatable bonds is 7. The molecule has 0 spiro atoms. The molecule has 4 rings (SSSR count). The number of halogens is 1. The molecule has 9 heteroatoms. The van der Waals surface area contributed by atoms with Crippen LogP contribution < -0.4 is 5.32 Å². The SMILES string of the molecule is Cc1ccccc1C(=O)c1cnc(NCC2CCN(S(=O)(=O)c3cccc(F)c3)CC2)s1. The summed E-state index contributed by atoms with van der Waals surface area (Å²) in [4.78, 5) is 17.6. The quantitative estimate of drug-likeness (QED) is 0.517. The highest BCUT2D eigenvalue weighted by Gasteiger charge is 2.29. The summed E-state index contributed by atoms with van der Waals surface area (Å²) >= 11 is 1.32. The lowest BCUT2D eigenvalue weighted by Gasteiger charge is -2.31. The molecular weight excluding hydrogens is 449 g/mol. The molecule has 3 aromatic rings. The molecule has 0 atom stereocenters. The van der Waals surface area contributed by atoms with Crippen molar-refractivity contribution in [1.29, 1.82) is 0 Å². The lowest BCUT2D eigenvalue weighted by molar-refractivity contribution is 0.104. The van der Waals surface area contributed by atoms with Gasteiger partial charge in [0.05, 0.1) is 16.0 Å². The summed E-state index contributed by atoms with van der Waals surface area (Å²) in [5.41, 5.74) is 1.61. The Kier molecular flexibility index (Phi) is 6.68. The molecule has 1 aromatic heterocycles. The van der Waals surface area contributed by atoms with Gasteiger partial charge in [0.1, 0.15) is 5.82 Å². The van der Waals surface area contributed by atoms with Crippen molar-refractivity contribution in [3.05, 3.63) is 76.5 Å². The number of hydrogen-bond donors (Lipinski definition) is 1. The second-order valence-corrected chi connectivity index (χ2v) is 10.8. The first-order valence-corrected chi connectivity index (χ1v) is 12.7. The van der Waals surface area contributed by atoms with E-state index in [1.807, 2.05) is 31.2 Å². The average Bonchev–Trinajstić information content (AvgIpc) is 3.27. The van der Waals surface area contributed by atoms with E-state index in [-0.39, 0.29) is 16.6 Å². The van der Waals surface area contributed by atoms with Crippen molar-refractivity contribution in [2.24, 2.45) is 5.92 Å². The molecule has 0 radical (unpaired) electrons. The number of hydrogen-bond acceptors (Lipinski definition) is 6. The number of anilines is 1. The predicted molar refractivity (Wildman–Crippen MR) is 123 cm³/mol. The zero-order valence-corrected chi connectivity index (χ0v) is 19.3. The van der Waals surface area contributed by atoms with Crippen molar-refractivity contribution in [1.82, 2.24) is 9.29 Å². The third-order valence-corrected chi connectivity index (χ3v) is 8.52. The summed E-state index contributed by atoms with van der Waals surface area (Å²) in [5.74, 6) is -0.313. The second kappa shape index (κ2) is 9.48. The minimum Gasteiger partial charge on any atom is -0.361 e. The molecule has 1 N–H and O–H groups in total. The third kappa shape index (κ3) is 4.90. The topological polar surface area (TPSA) is 79.4 Å². The van der Waals surface area contributed by atoms with Gasteiger partial charge in [0.25, 0.3) is 0 Å². The fourth-order valence-electron chi connectivity index (χ4n) is 3.78. The Balaban J connectivity index is 1.31. The number of sulfonamides is 1. The van der Waals surface area contributed by atoms with Gasteiger partial charge in [-0.25, -0.2) is 17.8 Å². The van der Waals surface area contributed by atoms with Crippen LogP contribution in [0.15, 0.2) is 59.6 Å². The van der Waals surface area contributed by atoms with Gasteiger partial charge in [-0.3, -0.25) is 4.79 Å². The molecule has 0 aliphatic carbocycles. The Hall–Kier alpha value is -2.62. The molecule has 1 aliphatic heterocycles. The molecule has 1 fully saturated rings. The number of carbonyl (C=O) groups excluding carboxylic acids is 1. The van der Waals surface area contributed by atoms with Crippen molar-refractivity contribution < 1.29 is 17.6 Å². The average molecular weight is 474 g/mol. The third-order valence-electron chi connectivity index (χ3n) is 5.67. The normalized spacial score (nSPS) is 15.6. The van der Waals surface area contributed by atoms with Crippen LogP contribution in [0.5, 0.6) is 0 Å². The first-order chi connectivity index (χ1) is 15.3. The lowest BCUT2D eigenvalue weighted by atomic mass is 9.98. The zero-order chi connectivity index (χ0) is 22.7. The second-order valence-electron chi connectivity index (χ2n) is 7.86. The van der Waals surface area contributed by atoms with Gasteiger partial charge in [-0.15, -0.1) is 0 Å². The predicted octanol–water partition coefficient (Wildman–Crippen LogP) is 4.33. The van der Waals surface area contributed by atoms with Crippen molar-refractivity contribution in [2.75, 3.05) is 25.0 Å². The standard InChI is InChI=1S/C23H24FN3O3S2/c1-16-5-2-3-8-20(16)22(28)21-15-26-23(31-21)25-14-17-9-11-27(12-10-17)32(29,30)19-7-4-6-18(24)13-19/h2-8,13,15,17H,9-12,14H2,1H3,(H,25,26). The first-order valence-electron chi connectivity index (χ1n) is 10.4. The van der Waals surface area contributed by atoms with Crippen LogP contribution in [0.4, 0.5) is 9.52 Å². The Morgan fingerprint density at radius 3 is 2.66 bits per heavy atom. The Morgan fingerprint density at radius 1 is 1.19 bits per heavy atom. The molecule has 0 unspecified atom stereocenters. The summed E-state index contributed by atoms with van der Waals surface area (Å²) in [6.07, 6.45) is 2.99. The van der Waals surface area contributed by atoms with Crippen LogP contribution in [0, 0.1) is 18.7 Å². The summed E-state index contributed by atoms with van der Waals surface area (Å²) in [6.45, 7) is 3.34. The van der Waals surface area contributed by atoms with E-state index in [1.54, 1.807) is 6.20 Å². The number of nitrogens with zero attached hydrogens (tertiary/aromatic N) is 2. The molecule has 0 amide bonds. The summed E-state index contributed by atoms with van der Waals surface area (Å²) in [6, 6.07) is 12.6. The van der Waals surface area contributed by atoms with E-state index in [2.05, 4.69) is 10.3 Å². The van der Waals surface area contributed by atoms with Crippen LogP contribution in [0.25, 0.3) is 0 Å². The van der Waals surface area contributed by atoms with Crippen molar-refractivity contribution in [2.45, 2.75) is 24.7 Å². The monoisotopic (exact) mass is 473 g/mol. The van der Waals surface area contributed by atoms with Gasteiger partial charge >= 0.3 is 0 Å². The highest BCUT2D eigenvalue weighted by molar-refractivity contribution is 7.89. The van der Waals surface area contributed by atoms with E-state index < -0.39 is 15.8 Å². The fourth-order valence-corrected chi connectivity index (χ4v) is 6.06. The summed E-state index contributed by atoms with van der Waals surface area (Å²) < 4.78 is 40.3. The van der Waals surface area contributed by atoms with Crippen LogP contribution in [0.3, 0.4) is 0 Å². The fraction of sp³-hybridized carbons (Fsp3) is 0.304. The van der Waals surface area contributed by atoms with E-state index in [4.69, 9.17) is 0 Å². The number of piperidine rings is 1. The number of carbonyl (C=O) groups is 1. The molecule has 6 nitrogen and oxygen atoms in total. The minimum absolute atomic E-state index is 0.0114. The maximum Gasteiger partial charge on any atom is 0.243 e.